The van der Waals surface area contributed by atoms with E-state index >= 15 is 0 Å². The number of nitrogens with one attached hydrogen (secondary N) is 1. The molecule has 1 amide bonds. The van der Waals surface area contributed by atoms with Crippen molar-refractivity contribution in [2.45, 2.75) is 32.1 Å². The molecule has 2 saturated heterocycles. The Morgan fingerprint density at radius 1 is 1.31 bits per heavy atom. The molecule has 0 saturated carbocycles. The zero-order chi connectivity index (χ0) is 18.9. The van der Waals surface area contributed by atoms with Crippen molar-refractivity contribution in [2.24, 2.45) is 17.8 Å². The van der Waals surface area contributed by atoms with Crippen molar-refractivity contribution in [3.8, 4) is 0 Å². The maximum absolute atomic E-state index is 13.9. The molecule has 2 aliphatic heterocycles. The third-order valence-electron chi connectivity index (χ3n) is 5.45. The average molecular weight is 383 g/mol. The van der Waals surface area contributed by atoms with Gasteiger partial charge in [-0.05, 0) is 18.4 Å². The third kappa shape index (κ3) is 4.09. The number of amides is 1. The number of fused-ring (bicyclic) bond motifs is 1. The van der Waals surface area contributed by atoms with Gasteiger partial charge in [0.1, 0.15) is 5.82 Å². The lowest BCUT2D eigenvalue weighted by atomic mass is 9.87. The fraction of sp³-hybridized carbons (Fsp3) is 0.632. The van der Waals surface area contributed by atoms with Crippen molar-refractivity contribution < 1.29 is 17.6 Å². The van der Waals surface area contributed by atoms with Crippen molar-refractivity contribution in [3.05, 3.63) is 35.6 Å². The lowest BCUT2D eigenvalue weighted by Crippen LogP contribution is -2.47. The Balaban J connectivity index is 1.74. The minimum Gasteiger partial charge on any atom is -0.356 e. The number of likely N-dealkylation sites (tertiary alicyclic amines) is 1. The monoisotopic (exact) mass is 382 g/mol. The molecule has 0 radical (unpaired) electrons. The topological polar surface area (TPSA) is 66.5 Å². The summed E-state index contributed by atoms with van der Waals surface area (Å²) in [5, 5.41) is 2.42. The molecule has 2 aliphatic rings. The quantitative estimate of drug-likeness (QED) is 0.844. The molecule has 0 spiro atoms. The van der Waals surface area contributed by atoms with Gasteiger partial charge in [-0.3, -0.25) is 9.69 Å². The Hall–Kier alpha value is -1.47. The van der Waals surface area contributed by atoms with Crippen molar-refractivity contribution in [2.75, 3.05) is 25.4 Å². The van der Waals surface area contributed by atoms with E-state index in [1.807, 2.05) is 18.7 Å². The summed E-state index contributed by atoms with van der Waals surface area (Å²) >= 11 is 0. The summed E-state index contributed by atoms with van der Waals surface area (Å²) in [7, 11) is -3.21. The second kappa shape index (κ2) is 7.64. The predicted octanol–water partition coefficient (Wildman–Crippen LogP) is 1.83. The summed E-state index contributed by atoms with van der Waals surface area (Å²) in [6.45, 7) is 5.90. The molecule has 26 heavy (non-hydrogen) atoms. The van der Waals surface area contributed by atoms with Crippen molar-refractivity contribution in [1.82, 2.24) is 10.2 Å². The number of hydrogen-bond acceptors (Lipinski definition) is 4. The second-order valence-electron chi connectivity index (χ2n) is 7.89. The smallest absolute Gasteiger partial charge is 0.223 e. The lowest BCUT2D eigenvalue weighted by molar-refractivity contribution is -0.126. The van der Waals surface area contributed by atoms with Crippen LogP contribution >= 0.6 is 0 Å². The van der Waals surface area contributed by atoms with Crippen LogP contribution in [0.15, 0.2) is 24.3 Å². The second-order valence-corrected chi connectivity index (χ2v) is 10.2. The predicted molar refractivity (Wildman–Crippen MR) is 98.7 cm³/mol. The Morgan fingerprint density at radius 2 is 2.04 bits per heavy atom. The highest BCUT2D eigenvalue weighted by atomic mass is 32.2. The minimum atomic E-state index is -3.21. The minimum absolute atomic E-state index is 0.0451. The van der Waals surface area contributed by atoms with Crippen LogP contribution in [0.4, 0.5) is 4.39 Å². The third-order valence-corrected chi connectivity index (χ3v) is 7.68. The molecule has 1 N–H and O–H groups in total. The highest BCUT2D eigenvalue weighted by molar-refractivity contribution is 7.92. The zero-order valence-electron chi connectivity index (χ0n) is 15.3. The summed E-state index contributed by atoms with van der Waals surface area (Å²) in [6.07, 6.45) is 0.376. The molecule has 1 aromatic rings. The van der Waals surface area contributed by atoms with Crippen LogP contribution in [0.3, 0.4) is 0 Å². The molecule has 0 unspecified atom stereocenters. The Labute approximate surface area is 154 Å². The van der Waals surface area contributed by atoms with Crippen LogP contribution in [0, 0.1) is 23.6 Å². The number of benzene rings is 1. The van der Waals surface area contributed by atoms with Gasteiger partial charge in [0.05, 0.1) is 11.0 Å². The summed E-state index contributed by atoms with van der Waals surface area (Å²) in [5.41, 5.74) is 0.560. The normalized spacial score (nSPS) is 28.1. The lowest BCUT2D eigenvalue weighted by Gasteiger charge is -2.32. The summed E-state index contributed by atoms with van der Waals surface area (Å²) in [4.78, 5) is 14.6. The van der Waals surface area contributed by atoms with Gasteiger partial charge in [-0.15, -0.1) is 0 Å². The Kier molecular flexibility index (Phi) is 5.67. The summed E-state index contributed by atoms with van der Waals surface area (Å²) in [6, 6.07) is 6.55. The first-order valence-corrected chi connectivity index (χ1v) is 10.9. The molecule has 7 heteroatoms. The van der Waals surface area contributed by atoms with Gasteiger partial charge in [0, 0.05) is 43.6 Å². The van der Waals surface area contributed by atoms with Crippen LogP contribution in [0.2, 0.25) is 0 Å². The van der Waals surface area contributed by atoms with Gasteiger partial charge >= 0.3 is 0 Å². The molecular formula is C19H27FN2O3S. The van der Waals surface area contributed by atoms with Crippen LogP contribution in [0.1, 0.15) is 25.8 Å². The maximum Gasteiger partial charge on any atom is 0.223 e. The van der Waals surface area contributed by atoms with Crippen LogP contribution in [-0.2, 0) is 21.2 Å². The molecule has 5 nitrogen and oxygen atoms in total. The first-order chi connectivity index (χ1) is 12.3. The van der Waals surface area contributed by atoms with E-state index in [4.69, 9.17) is 0 Å². The van der Waals surface area contributed by atoms with Crippen LogP contribution in [0.25, 0.3) is 0 Å². The van der Waals surface area contributed by atoms with Crippen molar-refractivity contribution in [3.63, 3.8) is 0 Å². The van der Waals surface area contributed by atoms with Gasteiger partial charge < -0.3 is 5.32 Å². The number of hydrogen-bond donors (Lipinski definition) is 1. The summed E-state index contributed by atoms with van der Waals surface area (Å²) < 4.78 is 39.0. The number of carbonyl (C=O) groups is 1. The average Bonchev–Trinajstić information content (AvgIpc) is 3.00. The van der Waals surface area contributed by atoms with Gasteiger partial charge in [-0.1, -0.05) is 32.0 Å². The fourth-order valence-corrected chi connectivity index (χ4v) is 6.19. The molecule has 2 heterocycles. The number of sulfone groups is 1. The molecule has 0 bridgehead atoms. The summed E-state index contributed by atoms with van der Waals surface area (Å²) in [5.74, 6) is -0.418. The molecule has 3 rings (SSSR count). The van der Waals surface area contributed by atoms with Crippen molar-refractivity contribution in [1.29, 1.82) is 0 Å². The number of carbonyl (C=O) groups excluding carboxylic acids is 1. The van der Waals surface area contributed by atoms with E-state index in [2.05, 4.69) is 5.32 Å². The van der Waals surface area contributed by atoms with Gasteiger partial charge in [-0.2, -0.15) is 0 Å². The molecular weight excluding hydrogens is 355 g/mol. The van der Waals surface area contributed by atoms with E-state index in [-0.39, 0.29) is 29.3 Å². The van der Waals surface area contributed by atoms with E-state index in [9.17, 15) is 17.6 Å². The molecule has 3 atom stereocenters. The number of nitrogens with zero attached hydrogens (tertiary/aromatic N) is 1. The van der Waals surface area contributed by atoms with Gasteiger partial charge in [-0.25, -0.2) is 12.8 Å². The van der Waals surface area contributed by atoms with Crippen molar-refractivity contribution >= 4 is 15.7 Å². The SMILES string of the molecule is CC(C)CNC(=O)[C@@H]1CCS(=O)(=O)[C@H]2CN(Cc3ccccc3F)C[C@@H]12. The first kappa shape index (κ1) is 19.3. The first-order valence-electron chi connectivity index (χ1n) is 9.23. The number of rotatable bonds is 5. The standard InChI is InChI=1S/C19H27FN2O3S/c1-13(2)9-21-19(23)15-7-8-26(24,25)18-12-22(11-16(15)18)10-14-5-3-4-6-17(14)20/h3-6,13,15-16,18H,7-12H2,1-2H3,(H,21,23)/t15-,16+,18+/m1/s1. The fourth-order valence-electron chi connectivity index (χ4n) is 4.06. The maximum atomic E-state index is 13.9. The van der Waals surface area contributed by atoms with Gasteiger partial charge in [0.2, 0.25) is 5.91 Å². The molecule has 2 fully saturated rings. The van der Waals surface area contributed by atoms with Gasteiger partial charge in [0.15, 0.2) is 9.84 Å². The zero-order valence-corrected chi connectivity index (χ0v) is 16.1. The number of halogens is 1. The largest absolute Gasteiger partial charge is 0.356 e. The van der Waals surface area contributed by atoms with E-state index in [0.717, 1.165) is 0 Å². The van der Waals surface area contributed by atoms with Crippen LogP contribution in [0.5, 0.6) is 0 Å². The van der Waals surface area contributed by atoms with Crippen LogP contribution < -0.4 is 5.32 Å². The van der Waals surface area contributed by atoms with E-state index in [1.54, 1.807) is 18.2 Å². The Morgan fingerprint density at radius 3 is 2.73 bits per heavy atom. The van der Waals surface area contributed by atoms with E-state index in [1.165, 1.54) is 6.07 Å². The Bertz CT molecular complexity index is 766. The molecule has 1 aromatic carbocycles. The van der Waals surface area contributed by atoms with E-state index in [0.29, 0.717) is 44.1 Å². The van der Waals surface area contributed by atoms with Gasteiger partial charge in [0.25, 0.3) is 0 Å². The molecule has 144 valence electrons. The molecule has 0 aromatic heterocycles. The van der Waals surface area contributed by atoms with E-state index < -0.39 is 15.1 Å². The molecule has 0 aliphatic carbocycles. The highest BCUT2D eigenvalue weighted by Gasteiger charge is 2.50. The van der Waals surface area contributed by atoms with Crippen LogP contribution in [-0.4, -0.2) is 49.9 Å². The highest BCUT2D eigenvalue weighted by Crippen LogP contribution is 2.37.